The van der Waals surface area contributed by atoms with Gasteiger partial charge < -0.3 is 10.1 Å². The average molecular weight is 267 g/mol. The molecule has 0 aliphatic rings. The van der Waals surface area contributed by atoms with Crippen LogP contribution < -0.4 is 10.1 Å². The predicted octanol–water partition coefficient (Wildman–Crippen LogP) is 3.74. The summed E-state index contributed by atoms with van der Waals surface area (Å²) in [5, 5.41) is 12.5. The first kappa shape index (κ1) is 12.5. The topological polar surface area (TPSA) is 49.9 Å². The molecule has 3 rings (SSSR count). The summed E-state index contributed by atoms with van der Waals surface area (Å²) in [7, 11) is 1.69. The molecule has 0 aliphatic heterocycles. The molecule has 0 radical (unpaired) electrons. The summed E-state index contributed by atoms with van der Waals surface area (Å²) in [6.07, 6.45) is 3.63. The van der Waals surface area contributed by atoms with E-state index >= 15 is 0 Å². The molecule has 0 saturated carbocycles. The van der Waals surface area contributed by atoms with Crippen LogP contribution in [0.1, 0.15) is 18.5 Å². The lowest BCUT2D eigenvalue weighted by molar-refractivity contribution is 0.415. The van der Waals surface area contributed by atoms with E-state index in [2.05, 4.69) is 46.7 Å². The Kier molecular flexibility index (Phi) is 3.29. The highest BCUT2D eigenvalue weighted by atomic mass is 16.5. The maximum Gasteiger partial charge on any atom is 0.119 e. The minimum absolute atomic E-state index is 0.221. The van der Waals surface area contributed by atoms with Crippen LogP contribution in [0.4, 0.5) is 5.69 Å². The van der Waals surface area contributed by atoms with Gasteiger partial charge in [0.2, 0.25) is 0 Å². The lowest BCUT2D eigenvalue weighted by atomic mass is 10.0. The largest absolute Gasteiger partial charge is 0.497 e. The van der Waals surface area contributed by atoms with E-state index in [0.717, 1.165) is 11.4 Å². The summed E-state index contributed by atoms with van der Waals surface area (Å²) >= 11 is 0. The Morgan fingerprint density at radius 2 is 1.95 bits per heavy atom. The molecule has 4 heteroatoms. The van der Waals surface area contributed by atoms with Crippen molar-refractivity contribution in [3.8, 4) is 5.75 Å². The molecule has 0 amide bonds. The van der Waals surface area contributed by atoms with E-state index in [0.29, 0.717) is 0 Å². The van der Waals surface area contributed by atoms with Crippen molar-refractivity contribution < 1.29 is 4.74 Å². The van der Waals surface area contributed by atoms with E-state index in [9.17, 15) is 0 Å². The maximum atomic E-state index is 5.25. The van der Waals surface area contributed by atoms with Crippen LogP contribution in [0.3, 0.4) is 0 Å². The van der Waals surface area contributed by atoms with E-state index in [4.69, 9.17) is 4.74 Å². The number of rotatable bonds is 4. The molecule has 1 unspecified atom stereocenters. The van der Waals surface area contributed by atoms with E-state index in [1.54, 1.807) is 13.3 Å². The Balaban J connectivity index is 1.88. The first-order valence-electron chi connectivity index (χ1n) is 6.59. The minimum Gasteiger partial charge on any atom is -0.497 e. The van der Waals surface area contributed by atoms with Crippen molar-refractivity contribution in [2.45, 2.75) is 13.0 Å². The van der Waals surface area contributed by atoms with Gasteiger partial charge in [-0.1, -0.05) is 18.2 Å². The first-order chi connectivity index (χ1) is 9.76. The van der Waals surface area contributed by atoms with Gasteiger partial charge >= 0.3 is 0 Å². The van der Waals surface area contributed by atoms with Crippen molar-refractivity contribution in [1.82, 2.24) is 10.2 Å². The molecule has 1 atom stereocenters. The third-order valence-corrected chi connectivity index (χ3v) is 3.45. The Labute approximate surface area is 117 Å². The van der Waals surface area contributed by atoms with Gasteiger partial charge in [-0.15, -0.1) is 0 Å². The number of aromatic nitrogens is 2. The fourth-order valence-corrected chi connectivity index (χ4v) is 2.30. The maximum absolute atomic E-state index is 5.25. The van der Waals surface area contributed by atoms with Gasteiger partial charge in [0.1, 0.15) is 5.75 Å². The number of anilines is 1. The van der Waals surface area contributed by atoms with Gasteiger partial charge in [0.25, 0.3) is 0 Å². The molecule has 0 bridgehead atoms. The molecule has 1 heterocycles. The number of nitrogens with one attached hydrogen (secondary N) is 2. The second-order valence-electron chi connectivity index (χ2n) is 4.83. The van der Waals surface area contributed by atoms with Crippen LogP contribution in [-0.2, 0) is 0 Å². The fourth-order valence-electron chi connectivity index (χ4n) is 2.30. The van der Waals surface area contributed by atoms with Crippen molar-refractivity contribution in [1.29, 1.82) is 0 Å². The predicted molar refractivity (Wildman–Crippen MR) is 81.1 cm³/mol. The molecule has 0 aliphatic carbocycles. The van der Waals surface area contributed by atoms with E-state index in [-0.39, 0.29) is 6.04 Å². The SMILES string of the molecule is COc1ccc2cc(C(C)Nc3cn[nH]c3)ccc2c1. The van der Waals surface area contributed by atoms with Gasteiger partial charge in [0, 0.05) is 12.2 Å². The van der Waals surface area contributed by atoms with Crippen LogP contribution in [-0.4, -0.2) is 17.3 Å². The zero-order chi connectivity index (χ0) is 13.9. The van der Waals surface area contributed by atoms with E-state index in [1.165, 1.54) is 16.3 Å². The van der Waals surface area contributed by atoms with Gasteiger partial charge in [-0.3, -0.25) is 5.10 Å². The molecule has 4 nitrogen and oxygen atoms in total. The highest BCUT2D eigenvalue weighted by Crippen LogP contribution is 2.25. The number of fused-ring (bicyclic) bond motifs is 1. The number of nitrogens with zero attached hydrogens (tertiary/aromatic N) is 1. The molecule has 0 spiro atoms. The van der Waals surface area contributed by atoms with Gasteiger partial charge in [-0.05, 0) is 41.5 Å². The zero-order valence-corrected chi connectivity index (χ0v) is 11.6. The van der Waals surface area contributed by atoms with Crippen LogP contribution in [0.25, 0.3) is 10.8 Å². The van der Waals surface area contributed by atoms with Crippen LogP contribution in [0.15, 0.2) is 48.8 Å². The van der Waals surface area contributed by atoms with Gasteiger partial charge in [0.05, 0.1) is 19.0 Å². The third-order valence-electron chi connectivity index (χ3n) is 3.45. The molecule has 20 heavy (non-hydrogen) atoms. The van der Waals surface area contributed by atoms with Crippen molar-refractivity contribution in [2.75, 3.05) is 12.4 Å². The first-order valence-corrected chi connectivity index (χ1v) is 6.59. The number of H-pyrrole nitrogens is 1. The third kappa shape index (κ3) is 2.45. The monoisotopic (exact) mass is 267 g/mol. The van der Waals surface area contributed by atoms with Crippen LogP contribution in [0.5, 0.6) is 5.75 Å². The summed E-state index contributed by atoms with van der Waals surface area (Å²) in [6.45, 7) is 2.14. The standard InChI is InChI=1S/C16H17N3O/c1-11(19-15-9-17-18-10-15)12-3-4-14-8-16(20-2)6-5-13(14)7-12/h3-11,19H,1-2H3,(H,17,18). The van der Waals surface area contributed by atoms with E-state index < -0.39 is 0 Å². The summed E-state index contributed by atoms with van der Waals surface area (Å²) in [5.74, 6) is 0.884. The lowest BCUT2D eigenvalue weighted by Gasteiger charge is -2.15. The van der Waals surface area contributed by atoms with Crippen molar-refractivity contribution >= 4 is 16.5 Å². The van der Waals surface area contributed by atoms with Gasteiger partial charge in [-0.2, -0.15) is 5.10 Å². The molecule has 2 N–H and O–H groups in total. The molecular weight excluding hydrogens is 250 g/mol. The quantitative estimate of drug-likeness (QED) is 0.757. The summed E-state index contributed by atoms with van der Waals surface area (Å²) in [4.78, 5) is 0. The van der Waals surface area contributed by atoms with Crippen molar-refractivity contribution in [3.63, 3.8) is 0 Å². The number of hydrogen-bond acceptors (Lipinski definition) is 3. The zero-order valence-electron chi connectivity index (χ0n) is 11.6. The number of ether oxygens (including phenoxy) is 1. The molecule has 0 saturated heterocycles. The summed E-state index contributed by atoms with van der Waals surface area (Å²) in [6, 6.07) is 12.8. The number of methoxy groups -OCH3 is 1. The van der Waals surface area contributed by atoms with Crippen LogP contribution in [0, 0.1) is 0 Å². The van der Waals surface area contributed by atoms with E-state index in [1.807, 2.05) is 18.3 Å². The number of hydrogen-bond donors (Lipinski definition) is 2. The number of benzene rings is 2. The molecule has 3 aromatic rings. The Morgan fingerprint density at radius 3 is 2.70 bits per heavy atom. The highest BCUT2D eigenvalue weighted by molar-refractivity contribution is 5.84. The highest BCUT2D eigenvalue weighted by Gasteiger charge is 2.07. The smallest absolute Gasteiger partial charge is 0.119 e. The average Bonchev–Trinajstić information content (AvgIpc) is 2.99. The van der Waals surface area contributed by atoms with Crippen LogP contribution >= 0.6 is 0 Å². The summed E-state index contributed by atoms with van der Waals surface area (Å²) in [5.41, 5.74) is 2.23. The second kappa shape index (κ2) is 5.25. The molecular formula is C16H17N3O. The summed E-state index contributed by atoms with van der Waals surface area (Å²) < 4.78 is 5.25. The normalized spacial score (nSPS) is 12.3. The van der Waals surface area contributed by atoms with Crippen LogP contribution in [0.2, 0.25) is 0 Å². The Morgan fingerprint density at radius 1 is 1.15 bits per heavy atom. The molecule has 2 aromatic carbocycles. The molecule has 0 fully saturated rings. The molecule has 1 aromatic heterocycles. The molecule has 102 valence electrons. The lowest BCUT2D eigenvalue weighted by Crippen LogP contribution is -2.05. The van der Waals surface area contributed by atoms with Crippen molar-refractivity contribution in [3.05, 3.63) is 54.4 Å². The fraction of sp³-hybridized carbons (Fsp3) is 0.188. The minimum atomic E-state index is 0.221. The van der Waals surface area contributed by atoms with Crippen molar-refractivity contribution in [2.24, 2.45) is 0 Å². The van der Waals surface area contributed by atoms with Gasteiger partial charge in [0.15, 0.2) is 0 Å². The Bertz CT molecular complexity index is 707. The Hall–Kier alpha value is -2.49. The number of aromatic amines is 1. The van der Waals surface area contributed by atoms with Gasteiger partial charge in [-0.25, -0.2) is 0 Å². The second-order valence-corrected chi connectivity index (χ2v) is 4.83.